The molecule has 2 aromatic carbocycles. The van der Waals surface area contributed by atoms with E-state index < -0.39 is 11.3 Å². The smallest absolute Gasteiger partial charge is 0.406 e. The third-order valence-electron chi connectivity index (χ3n) is 5.71. The van der Waals surface area contributed by atoms with Crippen LogP contribution in [0.25, 0.3) is 0 Å². The van der Waals surface area contributed by atoms with Crippen LogP contribution < -0.4 is 9.64 Å². The lowest BCUT2D eigenvalue weighted by Gasteiger charge is -2.30. The second-order valence-corrected chi connectivity index (χ2v) is 8.03. The van der Waals surface area contributed by atoms with E-state index in [1.807, 2.05) is 0 Å². The highest BCUT2D eigenvalue weighted by Crippen LogP contribution is 2.33. The predicted molar refractivity (Wildman–Crippen MR) is 117 cm³/mol. The molecule has 0 saturated heterocycles. The highest BCUT2D eigenvalue weighted by molar-refractivity contribution is 6.06. The number of alkyl halides is 3. The number of amides is 1. The molecule has 0 radical (unpaired) electrons. The zero-order valence-corrected chi connectivity index (χ0v) is 18.4. The van der Waals surface area contributed by atoms with Gasteiger partial charge in [0, 0.05) is 17.8 Å². The minimum absolute atomic E-state index is 0.0145. The number of benzene rings is 2. The number of ether oxygens (including phenoxy) is 1. The molecule has 4 rings (SSSR count). The summed E-state index contributed by atoms with van der Waals surface area (Å²) in [5, 5.41) is 15.4. The number of fused-ring (bicyclic) bond motifs is 1. The van der Waals surface area contributed by atoms with Crippen molar-refractivity contribution in [2.24, 2.45) is 0 Å². The lowest BCUT2D eigenvalue weighted by Crippen LogP contribution is -2.35. The standard InChI is InChI=1S/C23H21F3N4O4/c1-14-21(30(32)33)15(2)29(27-14)13-16-5-7-17(8-6-16)22(31)28-11-3-4-18-12-19(9-10-20(18)28)34-23(24,25)26/h5-10,12H,3-4,11,13H2,1-2H3. The summed E-state index contributed by atoms with van der Waals surface area (Å²) in [5.41, 5.74) is 3.17. The van der Waals surface area contributed by atoms with Gasteiger partial charge >= 0.3 is 12.0 Å². The summed E-state index contributed by atoms with van der Waals surface area (Å²) in [6, 6.07) is 10.8. The number of nitro groups is 1. The highest BCUT2D eigenvalue weighted by Gasteiger charge is 2.32. The molecule has 1 aromatic heterocycles. The van der Waals surface area contributed by atoms with E-state index in [1.165, 1.54) is 18.2 Å². The van der Waals surface area contributed by atoms with Crippen LogP contribution in [0.1, 0.15) is 39.3 Å². The van der Waals surface area contributed by atoms with Crippen LogP contribution in [0.4, 0.5) is 24.5 Å². The van der Waals surface area contributed by atoms with E-state index in [0.29, 0.717) is 54.1 Å². The average Bonchev–Trinajstić information content (AvgIpc) is 3.05. The zero-order chi connectivity index (χ0) is 24.6. The molecule has 2 heterocycles. The Morgan fingerprint density at radius 3 is 2.50 bits per heavy atom. The van der Waals surface area contributed by atoms with Crippen molar-refractivity contribution in [2.75, 3.05) is 11.4 Å². The first-order valence-corrected chi connectivity index (χ1v) is 10.5. The third-order valence-corrected chi connectivity index (χ3v) is 5.71. The van der Waals surface area contributed by atoms with Crippen molar-refractivity contribution in [1.29, 1.82) is 0 Å². The molecular weight excluding hydrogens is 453 g/mol. The van der Waals surface area contributed by atoms with E-state index in [1.54, 1.807) is 47.7 Å². The molecule has 178 valence electrons. The maximum Gasteiger partial charge on any atom is 0.573 e. The average molecular weight is 474 g/mol. The Morgan fingerprint density at radius 2 is 1.88 bits per heavy atom. The Kier molecular flexibility index (Phi) is 6.03. The van der Waals surface area contributed by atoms with Gasteiger partial charge in [-0.05, 0) is 68.1 Å². The van der Waals surface area contributed by atoms with Crippen LogP contribution in [0.5, 0.6) is 5.75 Å². The van der Waals surface area contributed by atoms with Crippen molar-refractivity contribution in [3.63, 3.8) is 0 Å². The van der Waals surface area contributed by atoms with E-state index in [4.69, 9.17) is 0 Å². The summed E-state index contributed by atoms with van der Waals surface area (Å²) >= 11 is 0. The number of anilines is 1. The van der Waals surface area contributed by atoms with Gasteiger partial charge in [0.25, 0.3) is 5.91 Å². The molecule has 0 bridgehead atoms. The molecule has 1 aliphatic rings. The molecule has 34 heavy (non-hydrogen) atoms. The van der Waals surface area contributed by atoms with Crippen molar-refractivity contribution in [2.45, 2.75) is 39.6 Å². The van der Waals surface area contributed by atoms with Crippen molar-refractivity contribution in [3.8, 4) is 5.75 Å². The number of aromatic nitrogens is 2. The highest BCUT2D eigenvalue weighted by atomic mass is 19.4. The van der Waals surface area contributed by atoms with Gasteiger partial charge in [-0.1, -0.05) is 12.1 Å². The molecule has 11 heteroatoms. The maximum absolute atomic E-state index is 13.1. The van der Waals surface area contributed by atoms with Gasteiger partial charge in [-0.3, -0.25) is 19.6 Å². The lowest BCUT2D eigenvalue weighted by molar-refractivity contribution is -0.386. The third kappa shape index (κ3) is 4.73. The van der Waals surface area contributed by atoms with Crippen molar-refractivity contribution in [3.05, 3.63) is 80.7 Å². The Balaban J connectivity index is 1.52. The first-order chi connectivity index (χ1) is 16.0. The Hall–Kier alpha value is -3.89. The van der Waals surface area contributed by atoms with Gasteiger partial charge in [-0.25, -0.2) is 0 Å². The summed E-state index contributed by atoms with van der Waals surface area (Å²) in [6.45, 7) is 3.97. The summed E-state index contributed by atoms with van der Waals surface area (Å²) < 4.78 is 43.1. The van der Waals surface area contributed by atoms with Gasteiger partial charge in [-0.15, -0.1) is 13.2 Å². The van der Waals surface area contributed by atoms with Crippen LogP contribution in [-0.4, -0.2) is 33.5 Å². The monoisotopic (exact) mass is 474 g/mol. The summed E-state index contributed by atoms with van der Waals surface area (Å²) in [7, 11) is 0. The first-order valence-electron chi connectivity index (χ1n) is 10.5. The van der Waals surface area contributed by atoms with Crippen LogP contribution in [-0.2, 0) is 13.0 Å². The second kappa shape index (κ2) is 8.81. The van der Waals surface area contributed by atoms with Crippen molar-refractivity contribution in [1.82, 2.24) is 9.78 Å². The van der Waals surface area contributed by atoms with Gasteiger partial charge in [0.15, 0.2) is 0 Å². The topological polar surface area (TPSA) is 90.5 Å². The number of hydrogen-bond donors (Lipinski definition) is 0. The molecule has 0 atom stereocenters. The molecular formula is C23H21F3N4O4. The zero-order valence-electron chi connectivity index (χ0n) is 18.4. The number of hydrogen-bond acceptors (Lipinski definition) is 5. The maximum atomic E-state index is 13.1. The van der Waals surface area contributed by atoms with Gasteiger partial charge in [-0.2, -0.15) is 5.10 Å². The molecule has 1 amide bonds. The SMILES string of the molecule is Cc1nn(Cc2ccc(C(=O)N3CCCc4cc(OC(F)(F)F)ccc43)cc2)c(C)c1[N+](=O)[O-]. The van der Waals surface area contributed by atoms with E-state index in [9.17, 15) is 28.1 Å². The van der Waals surface area contributed by atoms with E-state index >= 15 is 0 Å². The minimum atomic E-state index is -4.78. The number of carbonyl (C=O) groups is 1. The fourth-order valence-corrected chi connectivity index (χ4v) is 4.17. The number of aryl methyl sites for hydroxylation is 2. The van der Waals surface area contributed by atoms with Crippen LogP contribution in [0.2, 0.25) is 0 Å². The van der Waals surface area contributed by atoms with Crippen molar-refractivity contribution >= 4 is 17.3 Å². The Morgan fingerprint density at radius 1 is 1.18 bits per heavy atom. The van der Waals surface area contributed by atoms with E-state index in [2.05, 4.69) is 9.84 Å². The number of rotatable bonds is 5. The molecule has 1 aliphatic heterocycles. The number of halogens is 3. The van der Waals surface area contributed by atoms with Gasteiger partial charge in [0.05, 0.1) is 11.5 Å². The summed E-state index contributed by atoms with van der Waals surface area (Å²) in [6.07, 6.45) is -3.62. The number of nitrogens with zero attached hydrogens (tertiary/aromatic N) is 4. The Labute approximate surface area is 192 Å². The van der Waals surface area contributed by atoms with Gasteiger partial charge in [0.2, 0.25) is 0 Å². The molecule has 0 saturated carbocycles. The molecule has 0 fully saturated rings. The molecule has 0 N–H and O–H groups in total. The van der Waals surface area contributed by atoms with Crippen LogP contribution in [0.3, 0.4) is 0 Å². The minimum Gasteiger partial charge on any atom is -0.406 e. The lowest BCUT2D eigenvalue weighted by atomic mass is 10.00. The molecule has 3 aromatic rings. The quantitative estimate of drug-likeness (QED) is 0.386. The molecule has 0 aliphatic carbocycles. The summed E-state index contributed by atoms with van der Waals surface area (Å²) in [5.74, 6) is -0.576. The van der Waals surface area contributed by atoms with Gasteiger partial charge in [0.1, 0.15) is 17.1 Å². The second-order valence-electron chi connectivity index (χ2n) is 8.03. The fraction of sp³-hybridized carbons (Fsp3) is 0.304. The molecule has 8 nitrogen and oxygen atoms in total. The van der Waals surface area contributed by atoms with Crippen molar-refractivity contribution < 1.29 is 27.6 Å². The summed E-state index contributed by atoms with van der Waals surface area (Å²) in [4.78, 5) is 25.4. The largest absolute Gasteiger partial charge is 0.573 e. The van der Waals surface area contributed by atoms with Crippen LogP contribution in [0, 0.1) is 24.0 Å². The Bertz CT molecular complexity index is 1250. The van der Waals surface area contributed by atoms with Crippen LogP contribution in [0.15, 0.2) is 42.5 Å². The number of carbonyl (C=O) groups excluding carboxylic acids is 1. The fourth-order valence-electron chi connectivity index (χ4n) is 4.17. The molecule has 0 spiro atoms. The normalized spacial score (nSPS) is 13.5. The van der Waals surface area contributed by atoms with E-state index in [-0.39, 0.29) is 17.3 Å². The predicted octanol–water partition coefficient (Wildman–Crippen LogP) is 4.95. The van der Waals surface area contributed by atoms with Crippen LogP contribution >= 0.6 is 0 Å². The first kappa shape index (κ1) is 23.3. The van der Waals surface area contributed by atoms with E-state index in [0.717, 1.165) is 5.56 Å². The van der Waals surface area contributed by atoms with Gasteiger partial charge < -0.3 is 9.64 Å². The molecule has 0 unspecified atom stereocenters.